The Morgan fingerprint density at radius 3 is 2.79 bits per heavy atom. The van der Waals surface area contributed by atoms with Crippen LogP contribution in [0.25, 0.3) is 20.7 Å². The van der Waals surface area contributed by atoms with E-state index in [1.165, 1.54) is 23.5 Å². The molecule has 0 aliphatic heterocycles. The molecule has 0 unspecified atom stereocenters. The molecule has 142 valence electrons. The van der Waals surface area contributed by atoms with Gasteiger partial charge in [0.1, 0.15) is 23.1 Å². The molecule has 0 spiro atoms. The van der Waals surface area contributed by atoms with E-state index in [1.807, 2.05) is 24.4 Å². The average Bonchev–Trinajstić information content (AvgIpc) is 3.28. The van der Waals surface area contributed by atoms with E-state index in [0.717, 1.165) is 21.4 Å². The number of hydrogen-bond acceptors (Lipinski definition) is 6. The second-order valence-corrected chi connectivity index (χ2v) is 8.44. The van der Waals surface area contributed by atoms with Gasteiger partial charge in [0.05, 0.1) is 10.9 Å². The summed E-state index contributed by atoms with van der Waals surface area (Å²) in [6.45, 7) is 3.42. The van der Waals surface area contributed by atoms with Gasteiger partial charge >= 0.3 is 5.97 Å². The lowest BCUT2D eigenvalue weighted by Gasteiger charge is -2.06. The van der Waals surface area contributed by atoms with Gasteiger partial charge in [0.2, 0.25) is 0 Å². The molecule has 0 aliphatic rings. The number of thiophene rings is 2. The van der Waals surface area contributed by atoms with Crippen molar-refractivity contribution in [3.8, 4) is 10.4 Å². The zero-order chi connectivity index (χ0) is 19.8. The maximum absolute atomic E-state index is 13.6. The number of hydrogen-bond donors (Lipinski definition) is 1. The van der Waals surface area contributed by atoms with E-state index in [2.05, 4.69) is 9.97 Å². The van der Waals surface area contributed by atoms with Gasteiger partial charge in [-0.25, -0.2) is 14.2 Å². The predicted molar refractivity (Wildman–Crippen MR) is 109 cm³/mol. The minimum absolute atomic E-state index is 0.109. The molecule has 0 radical (unpaired) electrons. The maximum atomic E-state index is 13.6. The largest absolute Gasteiger partial charge is 0.454 e. The third-order valence-electron chi connectivity index (χ3n) is 4.25. The van der Waals surface area contributed by atoms with Crippen LogP contribution in [0.4, 0.5) is 4.39 Å². The van der Waals surface area contributed by atoms with E-state index in [-0.39, 0.29) is 23.6 Å². The normalized spacial score (nSPS) is 11.1. The van der Waals surface area contributed by atoms with Gasteiger partial charge in [-0.15, -0.1) is 22.7 Å². The second kappa shape index (κ2) is 7.29. The molecule has 0 atom stereocenters. The van der Waals surface area contributed by atoms with Gasteiger partial charge in [0.25, 0.3) is 5.56 Å². The highest BCUT2D eigenvalue weighted by Crippen LogP contribution is 2.34. The summed E-state index contributed by atoms with van der Waals surface area (Å²) in [4.78, 5) is 34.5. The summed E-state index contributed by atoms with van der Waals surface area (Å²) in [5.41, 5.74) is 1.13. The van der Waals surface area contributed by atoms with Gasteiger partial charge in [-0.3, -0.25) is 4.79 Å². The lowest BCUT2D eigenvalue weighted by atomic mass is 10.1. The van der Waals surface area contributed by atoms with Crippen molar-refractivity contribution in [1.82, 2.24) is 9.97 Å². The Bertz CT molecular complexity index is 1260. The minimum atomic E-state index is -0.678. The van der Waals surface area contributed by atoms with Crippen molar-refractivity contribution < 1.29 is 13.9 Å². The van der Waals surface area contributed by atoms with Crippen LogP contribution in [0.3, 0.4) is 0 Å². The Hall–Kier alpha value is -2.84. The number of aromatic amines is 1. The number of carbonyl (C=O) groups is 1. The quantitative estimate of drug-likeness (QED) is 0.486. The molecule has 0 saturated heterocycles. The average molecular weight is 414 g/mol. The number of ether oxygens (including phenoxy) is 1. The van der Waals surface area contributed by atoms with Crippen molar-refractivity contribution in [1.29, 1.82) is 0 Å². The molecule has 3 aromatic heterocycles. The number of rotatable bonds is 4. The fourth-order valence-electron chi connectivity index (χ4n) is 2.76. The number of H-pyrrole nitrogens is 1. The van der Waals surface area contributed by atoms with Crippen LogP contribution in [0.2, 0.25) is 0 Å². The first-order chi connectivity index (χ1) is 13.4. The van der Waals surface area contributed by atoms with Gasteiger partial charge in [-0.1, -0.05) is 6.07 Å². The number of halogens is 1. The van der Waals surface area contributed by atoms with Gasteiger partial charge in [0.15, 0.2) is 0 Å². The molecule has 0 amide bonds. The number of aryl methyl sites for hydroxylation is 2. The summed E-state index contributed by atoms with van der Waals surface area (Å²) in [6, 6.07) is 8.13. The Morgan fingerprint density at radius 2 is 2.07 bits per heavy atom. The summed E-state index contributed by atoms with van der Waals surface area (Å²) >= 11 is 2.98. The van der Waals surface area contributed by atoms with Crippen LogP contribution in [0.1, 0.15) is 26.6 Å². The number of esters is 1. The van der Waals surface area contributed by atoms with Gasteiger partial charge in [-0.2, -0.15) is 0 Å². The molecule has 3 heterocycles. The first kappa shape index (κ1) is 18.5. The van der Waals surface area contributed by atoms with E-state index in [0.29, 0.717) is 15.8 Å². The van der Waals surface area contributed by atoms with Crippen molar-refractivity contribution >= 4 is 38.9 Å². The standard InChI is InChI=1S/C20H15FN2O3S2/c1-10-3-5-12(7-14(10)21)20(25)26-8-16-22-18(24)17-13(9-27-19(17)23-16)15-6-4-11(2)28-15/h3-7,9H,8H2,1-2H3,(H,22,23,24). The fraction of sp³-hybridized carbons (Fsp3) is 0.150. The topological polar surface area (TPSA) is 72.0 Å². The van der Waals surface area contributed by atoms with Crippen LogP contribution in [0.15, 0.2) is 40.5 Å². The maximum Gasteiger partial charge on any atom is 0.338 e. The summed E-state index contributed by atoms with van der Waals surface area (Å²) in [6.07, 6.45) is 0. The van der Waals surface area contributed by atoms with Gasteiger partial charge < -0.3 is 9.72 Å². The minimum Gasteiger partial charge on any atom is -0.454 e. The third kappa shape index (κ3) is 3.48. The van der Waals surface area contributed by atoms with E-state index in [1.54, 1.807) is 18.3 Å². The molecule has 0 saturated carbocycles. The number of nitrogens with one attached hydrogen (secondary N) is 1. The molecule has 1 aromatic carbocycles. The molecule has 28 heavy (non-hydrogen) atoms. The molecule has 1 N–H and O–H groups in total. The highest BCUT2D eigenvalue weighted by atomic mass is 32.1. The predicted octanol–water partition coefficient (Wildman–Crippen LogP) is 4.83. The van der Waals surface area contributed by atoms with Gasteiger partial charge in [-0.05, 0) is 43.7 Å². The third-order valence-corrected chi connectivity index (χ3v) is 6.15. The van der Waals surface area contributed by atoms with E-state index < -0.39 is 11.8 Å². The van der Waals surface area contributed by atoms with Crippen LogP contribution >= 0.6 is 22.7 Å². The molecule has 4 rings (SSSR count). The van der Waals surface area contributed by atoms with Crippen LogP contribution in [-0.2, 0) is 11.3 Å². The molecule has 0 fully saturated rings. The van der Waals surface area contributed by atoms with Crippen molar-refractivity contribution in [3.05, 3.63) is 73.7 Å². The Labute approximate surface area is 167 Å². The SMILES string of the molecule is Cc1ccc(-c2csc3nc(COC(=O)c4ccc(C)c(F)c4)[nH]c(=O)c23)s1. The Kier molecular flexibility index (Phi) is 4.82. The van der Waals surface area contributed by atoms with Crippen LogP contribution < -0.4 is 5.56 Å². The number of aromatic nitrogens is 2. The van der Waals surface area contributed by atoms with E-state index in [9.17, 15) is 14.0 Å². The van der Waals surface area contributed by atoms with Crippen molar-refractivity contribution in [2.24, 2.45) is 0 Å². The summed E-state index contributed by atoms with van der Waals surface area (Å²) in [7, 11) is 0. The highest BCUT2D eigenvalue weighted by molar-refractivity contribution is 7.19. The van der Waals surface area contributed by atoms with Crippen LogP contribution in [0, 0.1) is 19.7 Å². The van der Waals surface area contributed by atoms with Crippen molar-refractivity contribution in [2.75, 3.05) is 0 Å². The highest BCUT2D eigenvalue weighted by Gasteiger charge is 2.15. The molecule has 4 aromatic rings. The van der Waals surface area contributed by atoms with Crippen molar-refractivity contribution in [2.45, 2.75) is 20.5 Å². The van der Waals surface area contributed by atoms with E-state index >= 15 is 0 Å². The second-order valence-electron chi connectivity index (χ2n) is 6.29. The Balaban J connectivity index is 1.57. The molecular formula is C20H15FN2O3S2. The number of nitrogens with zero attached hydrogens (tertiary/aromatic N) is 1. The zero-order valence-electron chi connectivity index (χ0n) is 15.0. The number of benzene rings is 1. The summed E-state index contributed by atoms with van der Waals surface area (Å²) in [5, 5.41) is 2.44. The first-order valence-corrected chi connectivity index (χ1v) is 10.1. The zero-order valence-corrected chi connectivity index (χ0v) is 16.7. The lowest BCUT2D eigenvalue weighted by molar-refractivity contribution is 0.0462. The van der Waals surface area contributed by atoms with Gasteiger partial charge in [0, 0.05) is 20.7 Å². The summed E-state index contributed by atoms with van der Waals surface area (Å²) in [5.74, 6) is -0.908. The van der Waals surface area contributed by atoms with E-state index in [4.69, 9.17) is 4.74 Å². The molecule has 0 bridgehead atoms. The monoisotopic (exact) mass is 414 g/mol. The molecule has 8 heteroatoms. The van der Waals surface area contributed by atoms with Crippen LogP contribution in [-0.4, -0.2) is 15.9 Å². The Morgan fingerprint density at radius 1 is 1.25 bits per heavy atom. The number of carbonyl (C=O) groups excluding carboxylic acids is 1. The fourth-order valence-corrected chi connectivity index (χ4v) is 4.68. The molecular weight excluding hydrogens is 399 g/mol. The summed E-state index contributed by atoms with van der Waals surface area (Å²) < 4.78 is 18.8. The van der Waals surface area contributed by atoms with Crippen LogP contribution in [0.5, 0.6) is 0 Å². The van der Waals surface area contributed by atoms with Crippen molar-refractivity contribution in [3.63, 3.8) is 0 Å². The first-order valence-electron chi connectivity index (χ1n) is 8.43. The lowest BCUT2D eigenvalue weighted by Crippen LogP contribution is -2.14. The smallest absolute Gasteiger partial charge is 0.338 e. The number of fused-ring (bicyclic) bond motifs is 1. The molecule has 5 nitrogen and oxygen atoms in total. The molecule has 0 aliphatic carbocycles.